The van der Waals surface area contributed by atoms with E-state index in [0.29, 0.717) is 18.6 Å². The van der Waals surface area contributed by atoms with Gasteiger partial charge in [0.1, 0.15) is 0 Å². The van der Waals surface area contributed by atoms with Gasteiger partial charge in [-0.3, -0.25) is 0 Å². The molecule has 2 aromatic rings. The lowest BCUT2D eigenvalue weighted by Gasteiger charge is -2.11. The molecule has 120 valence electrons. The van der Waals surface area contributed by atoms with E-state index in [0.717, 1.165) is 18.4 Å². The number of aromatic carboxylic acids is 1. The first-order valence-electron chi connectivity index (χ1n) is 7.69. The minimum atomic E-state index is -1.11. The molecule has 4 nitrogen and oxygen atoms in total. The second-order valence-electron chi connectivity index (χ2n) is 5.30. The Morgan fingerprint density at radius 1 is 1.04 bits per heavy atom. The Kier molecular flexibility index (Phi) is 5.92. The van der Waals surface area contributed by atoms with Crippen molar-refractivity contribution in [1.29, 1.82) is 0 Å². The fraction of sp³-hybridized carbons (Fsp3) is 0.263. The highest BCUT2D eigenvalue weighted by molar-refractivity contribution is 6.03. The van der Waals surface area contributed by atoms with Crippen LogP contribution in [0.3, 0.4) is 0 Å². The van der Waals surface area contributed by atoms with Gasteiger partial charge in [-0.05, 0) is 30.0 Å². The molecule has 0 aliphatic rings. The van der Waals surface area contributed by atoms with Crippen LogP contribution in [0.15, 0.2) is 48.5 Å². The van der Waals surface area contributed by atoms with Crippen molar-refractivity contribution in [3.8, 4) is 0 Å². The molecule has 0 atom stereocenters. The van der Waals surface area contributed by atoms with Crippen LogP contribution < -0.4 is 0 Å². The van der Waals surface area contributed by atoms with Crippen molar-refractivity contribution in [2.45, 2.75) is 26.2 Å². The van der Waals surface area contributed by atoms with E-state index in [1.807, 2.05) is 37.3 Å². The molecule has 0 fully saturated rings. The van der Waals surface area contributed by atoms with Crippen LogP contribution >= 0.6 is 0 Å². The molecule has 2 rings (SSSR count). The topological polar surface area (TPSA) is 63.6 Å². The number of rotatable bonds is 7. The third kappa shape index (κ3) is 4.42. The molecule has 0 aliphatic carbocycles. The summed E-state index contributed by atoms with van der Waals surface area (Å²) in [5, 5.41) is 9.54. The minimum Gasteiger partial charge on any atom is -0.478 e. The molecular formula is C19H20O4. The average molecular weight is 312 g/mol. The molecule has 4 heteroatoms. The predicted molar refractivity (Wildman–Crippen MR) is 87.8 cm³/mol. The number of unbranched alkanes of at least 4 members (excludes halogenated alkanes) is 1. The van der Waals surface area contributed by atoms with E-state index >= 15 is 0 Å². The zero-order chi connectivity index (χ0) is 16.7. The third-order valence-electron chi connectivity index (χ3n) is 3.55. The maximum atomic E-state index is 12.2. The first kappa shape index (κ1) is 16.7. The normalized spacial score (nSPS) is 10.3. The maximum Gasteiger partial charge on any atom is 0.339 e. The zero-order valence-electron chi connectivity index (χ0n) is 13.1. The van der Waals surface area contributed by atoms with Crippen molar-refractivity contribution in [2.75, 3.05) is 6.61 Å². The molecule has 0 unspecified atom stereocenters. The summed E-state index contributed by atoms with van der Waals surface area (Å²) in [4.78, 5) is 23.8. The van der Waals surface area contributed by atoms with Crippen LogP contribution in [0.5, 0.6) is 0 Å². The Morgan fingerprint density at radius 2 is 1.78 bits per heavy atom. The smallest absolute Gasteiger partial charge is 0.339 e. The lowest BCUT2D eigenvalue weighted by atomic mass is 9.95. The number of hydrogen-bond donors (Lipinski definition) is 1. The van der Waals surface area contributed by atoms with Gasteiger partial charge in [-0.25, -0.2) is 9.59 Å². The summed E-state index contributed by atoms with van der Waals surface area (Å²) in [5.74, 6) is -1.69. The van der Waals surface area contributed by atoms with Crippen molar-refractivity contribution >= 4 is 11.9 Å². The number of hydrogen-bond acceptors (Lipinski definition) is 3. The lowest BCUT2D eigenvalue weighted by molar-refractivity contribution is 0.0489. The second kappa shape index (κ2) is 8.13. The summed E-state index contributed by atoms with van der Waals surface area (Å²) in [6.45, 7) is 2.30. The number of benzene rings is 2. The molecule has 0 aliphatic heterocycles. The predicted octanol–water partition coefficient (Wildman–Crippen LogP) is 3.93. The first-order valence-corrected chi connectivity index (χ1v) is 7.69. The van der Waals surface area contributed by atoms with E-state index in [4.69, 9.17) is 4.74 Å². The Morgan fingerprint density at radius 3 is 2.43 bits per heavy atom. The average Bonchev–Trinajstić information content (AvgIpc) is 2.55. The van der Waals surface area contributed by atoms with E-state index < -0.39 is 11.9 Å². The SMILES string of the molecule is CCCCOC(=O)c1cccc(Cc2ccccc2)c1C(=O)O. The van der Waals surface area contributed by atoms with Crippen molar-refractivity contribution in [3.63, 3.8) is 0 Å². The zero-order valence-corrected chi connectivity index (χ0v) is 13.1. The molecule has 23 heavy (non-hydrogen) atoms. The van der Waals surface area contributed by atoms with Crippen LogP contribution in [-0.2, 0) is 11.2 Å². The third-order valence-corrected chi connectivity index (χ3v) is 3.55. The fourth-order valence-electron chi connectivity index (χ4n) is 2.37. The van der Waals surface area contributed by atoms with E-state index in [2.05, 4.69) is 0 Å². The Balaban J connectivity index is 2.31. The number of carboxylic acid groups (broad SMARTS) is 1. The summed E-state index contributed by atoms with van der Waals surface area (Å²) in [5.41, 5.74) is 1.74. The van der Waals surface area contributed by atoms with Crippen LogP contribution in [0.1, 0.15) is 51.6 Å². The first-order chi connectivity index (χ1) is 11.1. The van der Waals surface area contributed by atoms with Crippen LogP contribution in [0.4, 0.5) is 0 Å². The van der Waals surface area contributed by atoms with Gasteiger partial charge >= 0.3 is 11.9 Å². The molecule has 0 radical (unpaired) electrons. The van der Waals surface area contributed by atoms with Gasteiger partial charge in [0.25, 0.3) is 0 Å². The second-order valence-corrected chi connectivity index (χ2v) is 5.30. The number of carboxylic acids is 1. The highest BCUT2D eigenvalue weighted by atomic mass is 16.5. The number of carbonyl (C=O) groups is 2. The van der Waals surface area contributed by atoms with Crippen LogP contribution in [0, 0.1) is 0 Å². The van der Waals surface area contributed by atoms with E-state index in [1.165, 1.54) is 6.07 Å². The molecule has 1 N–H and O–H groups in total. The summed E-state index contributed by atoms with van der Waals surface area (Å²) in [6.07, 6.45) is 2.13. The van der Waals surface area contributed by atoms with Gasteiger partial charge in [-0.2, -0.15) is 0 Å². The summed E-state index contributed by atoms with van der Waals surface area (Å²) in [6, 6.07) is 14.5. The largest absolute Gasteiger partial charge is 0.478 e. The molecule has 0 heterocycles. The molecule has 0 spiro atoms. The van der Waals surface area contributed by atoms with E-state index in [9.17, 15) is 14.7 Å². The lowest BCUT2D eigenvalue weighted by Crippen LogP contribution is -2.15. The van der Waals surface area contributed by atoms with E-state index in [-0.39, 0.29) is 11.1 Å². The van der Waals surface area contributed by atoms with Crippen molar-refractivity contribution < 1.29 is 19.4 Å². The molecule has 2 aromatic carbocycles. The van der Waals surface area contributed by atoms with Crippen LogP contribution in [0.25, 0.3) is 0 Å². The van der Waals surface area contributed by atoms with Gasteiger partial charge in [0, 0.05) is 0 Å². The maximum absolute atomic E-state index is 12.2. The summed E-state index contributed by atoms with van der Waals surface area (Å²) in [7, 11) is 0. The molecule has 0 saturated heterocycles. The van der Waals surface area contributed by atoms with Gasteiger partial charge in [-0.1, -0.05) is 55.8 Å². The van der Waals surface area contributed by atoms with Gasteiger partial charge in [0.15, 0.2) is 0 Å². The summed E-state index contributed by atoms with van der Waals surface area (Å²) >= 11 is 0. The van der Waals surface area contributed by atoms with E-state index in [1.54, 1.807) is 12.1 Å². The molecular weight excluding hydrogens is 292 g/mol. The van der Waals surface area contributed by atoms with Crippen molar-refractivity contribution in [1.82, 2.24) is 0 Å². The van der Waals surface area contributed by atoms with Gasteiger partial charge in [0.05, 0.1) is 17.7 Å². The van der Waals surface area contributed by atoms with Gasteiger partial charge in [-0.15, -0.1) is 0 Å². The standard InChI is InChI=1S/C19H20O4/c1-2-3-12-23-19(22)16-11-7-10-15(17(16)18(20)21)13-14-8-5-4-6-9-14/h4-11H,2-3,12-13H2,1H3,(H,20,21). The highest BCUT2D eigenvalue weighted by Crippen LogP contribution is 2.20. The van der Waals surface area contributed by atoms with Crippen molar-refractivity contribution in [2.24, 2.45) is 0 Å². The summed E-state index contributed by atoms with van der Waals surface area (Å²) < 4.78 is 5.16. The Labute approximate surface area is 135 Å². The monoisotopic (exact) mass is 312 g/mol. The van der Waals surface area contributed by atoms with Crippen LogP contribution in [0.2, 0.25) is 0 Å². The molecule has 0 aromatic heterocycles. The fourth-order valence-corrected chi connectivity index (χ4v) is 2.37. The van der Waals surface area contributed by atoms with Crippen molar-refractivity contribution in [3.05, 3.63) is 70.8 Å². The molecule has 0 saturated carbocycles. The van der Waals surface area contributed by atoms with Gasteiger partial charge in [0.2, 0.25) is 0 Å². The quantitative estimate of drug-likeness (QED) is 0.621. The highest BCUT2D eigenvalue weighted by Gasteiger charge is 2.21. The number of esters is 1. The molecule has 0 bridgehead atoms. The number of ether oxygens (including phenoxy) is 1. The number of carbonyl (C=O) groups excluding carboxylic acids is 1. The Bertz CT molecular complexity index is 677. The molecule has 0 amide bonds. The van der Waals surface area contributed by atoms with Gasteiger partial charge < -0.3 is 9.84 Å². The Hall–Kier alpha value is -2.62. The minimum absolute atomic E-state index is 0.0258. The van der Waals surface area contributed by atoms with Crippen LogP contribution in [-0.4, -0.2) is 23.7 Å².